The molecule has 4 nitrogen and oxygen atoms in total. The highest BCUT2D eigenvalue weighted by molar-refractivity contribution is 5.69. The van der Waals surface area contributed by atoms with Crippen molar-refractivity contribution >= 4 is 11.9 Å². The predicted octanol–water partition coefficient (Wildman–Crippen LogP) is 11.9. The fourth-order valence-electron chi connectivity index (χ4n) is 11.6. The number of esters is 2. The summed E-state index contributed by atoms with van der Waals surface area (Å²) in [4.78, 5) is 23.2. The van der Waals surface area contributed by atoms with Gasteiger partial charge in [-0.15, -0.1) is 0 Å². The van der Waals surface area contributed by atoms with Crippen molar-refractivity contribution in [1.82, 2.24) is 0 Å². The lowest BCUT2D eigenvalue weighted by Crippen LogP contribution is -2.49. The van der Waals surface area contributed by atoms with E-state index in [0.29, 0.717) is 64.8 Å². The average Bonchev–Trinajstić information content (AvgIpc) is 2.95. The predicted molar refractivity (Wildman–Crippen MR) is 197 cm³/mol. The van der Waals surface area contributed by atoms with E-state index in [1.807, 2.05) is 6.92 Å². The van der Waals surface area contributed by atoms with Gasteiger partial charge in [0.1, 0.15) is 0 Å². The van der Waals surface area contributed by atoms with Gasteiger partial charge < -0.3 is 9.47 Å². The van der Waals surface area contributed by atoms with Gasteiger partial charge >= 0.3 is 11.9 Å². The third-order valence-corrected chi connectivity index (χ3v) is 14.1. The zero-order valence-corrected chi connectivity index (χ0v) is 32.5. The number of hydrogen-bond donors (Lipinski definition) is 0. The number of methoxy groups -OCH3 is 1. The molecule has 0 aromatic rings. The minimum Gasteiger partial charge on any atom is -0.469 e. The maximum atomic E-state index is 11.7. The van der Waals surface area contributed by atoms with Gasteiger partial charge in [0.15, 0.2) is 0 Å². The summed E-state index contributed by atoms with van der Waals surface area (Å²) >= 11 is 0. The lowest BCUT2D eigenvalue weighted by Gasteiger charge is -2.58. The fourth-order valence-corrected chi connectivity index (χ4v) is 11.6. The first-order chi connectivity index (χ1) is 21.9. The van der Waals surface area contributed by atoms with Crippen LogP contribution in [-0.4, -0.2) is 25.7 Å². The van der Waals surface area contributed by atoms with Crippen molar-refractivity contribution in [1.29, 1.82) is 0 Å². The summed E-state index contributed by atoms with van der Waals surface area (Å²) in [6, 6.07) is 0. The Balaban J connectivity index is 0.000000256. The molecule has 0 bridgehead atoms. The summed E-state index contributed by atoms with van der Waals surface area (Å²) in [6.07, 6.45) is 18.8. The molecule has 0 aromatic heterocycles. The first kappa shape index (κ1) is 39.9. The molecule has 47 heavy (non-hydrogen) atoms. The van der Waals surface area contributed by atoms with Gasteiger partial charge in [0, 0.05) is 12.8 Å². The van der Waals surface area contributed by atoms with Crippen LogP contribution in [0.2, 0.25) is 0 Å². The number of hydrogen-bond acceptors (Lipinski definition) is 4. The first-order valence-electron chi connectivity index (χ1n) is 19.5. The summed E-state index contributed by atoms with van der Waals surface area (Å²) in [5.41, 5.74) is 4.66. The largest absolute Gasteiger partial charge is 0.469 e. The molecule has 4 heteroatoms. The molecule has 8 unspecified atom stereocenters. The van der Waals surface area contributed by atoms with Gasteiger partial charge in [-0.25, -0.2) is 0 Å². The summed E-state index contributed by atoms with van der Waals surface area (Å²) < 4.78 is 9.91. The Morgan fingerprint density at radius 3 is 1.51 bits per heavy atom. The molecule has 4 saturated carbocycles. The van der Waals surface area contributed by atoms with Crippen LogP contribution in [0.4, 0.5) is 0 Å². The molecule has 4 rings (SSSR count). The molecular formula is C43H74O4. The highest BCUT2D eigenvalue weighted by Crippen LogP contribution is 2.63. The normalized spacial score (nSPS) is 34.1. The summed E-state index contributed by atoms with van der Waals surface area (Å²) in [6.45, 7) is 30.6. The van der Waals surface area contributed by atoms with Crippen molar-refractivity contribution in [2.24, 2.45) is 57.2 Å². The van der Waals surface area contributed by atoms with Crippen molar-refractivity contribution in [3.63, 3.8) is 0 Å². The topological polar surface area (TPSA) is 52.6 Å². The van der Waals surface area contributed by atoms with Gasteiger partial charge in [-0.2, -0.15) is 0 Å². The molecule has 0 heterocycles. The molecule has 0 aromatic carbocycles. The van der Waals surface area contributed by atoms with Crippen LogP contribution in [0.25, 0.3) is 0 Å². The summed E-state index contributed by atoms with van der Waals surface area (Å²) in [7, 11) is 1.48. The van der Waals surface area contributed by atoms with Gasteiger partial charge in [0.2, 0.25) is 0 Å². The smallest absolute Gasteiger partial charge is 0.306 e. The molecule has 0 saturated heterocycles. The number of rotatable bonds is 11. The lowest BCUT2D eigenvalue weighted by molar-refractivity contribution is -0.144. The molecule has 0 N–H and O–H groups in total. The van der Waals surface area contributed by atoms with Crippen LogP contribution in [0, 0.1) is 57.2 Å². The molecule has 4 fully saturated rings. The van der Waals surface area contributed by atoms with E-state index in [1.54, 1.807) is 0 Å². The summed E-state index contributed by atoms with van der Waals surface area (Å²) in [5.74, 6) is 3.55. The number of carbonyl (C=O) groups is 2. The van der Waals surface area contributed by atoms with E-state index in [4.69, 9.17) is 9.47 Å². The van der Waals surface area contributed by atoms with Gasteiger partial charge in [-0.1, -0.05) is 92.5 Å². The van der Waals surface area contributed by atoms with Gasteiger partial charge in [0.25, 0.3) is 0 Å². The quantitative estimate of drug-likeness (QED) is 0.164. The summed E-state index contributed by atoms with van der Waals surface area (Å²) in [5, 5.41) is 0. The molecular weight excluding hydrogens is 580 g/mol. The van der Waals surface area contributed by atoms with E-state index >= 15 is 0 Å². The van der Waals surface area contributed by atoms with Crippen molar-refractivity contribution in [3.05, 3.63) is 24.3 Å². The Labute approximate surface area is 290 Å². The SMILES string of the molecule is C=C1CCC2C(C)(C)CCCC2(C)C1CCC(C)CC(=O)OC.C=C1CCC2C(C)(C)CCCC2(C)C1CCC(C)CC(=O)OCC. The Morgan fingerprint density at radius 2 is 1.13 bits per heavy atom. The Kier molecular flexibility index (Phi) is 13.9. The lowest BCUT2D eigenvalue weighted by atomic mass is 9.47. The van der Waals surface area contributed by atoms with Crippen molar-refractivity contribution < 1.29 is 19.1 Å². The first-order valence-corrected chi connectivity index (χ1v) is 19.5. The molecule has 0 spiro atoms. The molecule has 0 amide bonds. The van der Waals surface area contributed by atoms with Gasteiger partial charge in [-0.05, 0) is 141 Å². The number of allylic oxidation sites excluding steroid dienone is 2. The van der Waals surface area contributed by atoms with Crippen LogP contribution >= 0.6 is 0 Å². The molecule has 4 aliphatic carbocycles. The average molecular weight is 655 g/mol. The van der Waals surface area contributed by atoms with Gasteiger partial charge in [0.05, 0.1) is 13.7 Å². The molecule has 4 aliphatic rings. The van der Waals surface area contributed by atoms with Crippen LogP contribution in [0.3, 0.4) is 0 Å². The van der Waals surface area contributed by atoms with Crippen LogP contribution in [0.1, 0.15) is 165 Å². The second-order valence-electron chi connectivity index (χ2n) is 18.5. The zero-order chi connectivity index (χ0) is 35.2. The maximum Gasteiger partial charge on any atom is 0.306 e. The van der Waals surface area contributed by atoms with Crippen LogP contribution in [0.15, 0.2) is 24.3 Å². The Hall–Kier alpha value is -1.58. The highest BCUT2D eigenvalue weighted by atomic mass is 16.5. The molecule has 8 atom stereocenters. The standard InChI is InChI=1S/C22H38O2.C21H36O2/c1-7-24-20(23)15-16(2)9-11-18-17(3)10-12-19-21(4,5)13-8-14-22(18,19)6;1-15(14-19(22)23-6)8-10-17-16(2)9-11-18-20(3,4)12-7-13-21(17,18)5/h16,18-19H,3,7-15H2,1-2,4-6H3;15,17-18H,2,7-14H2,1,3-6H3. The Bertz CT molecular complexity index is 1090. The van der Waals surface area contributed by atoms with Gasteiger partial charge in [-0.3, -0.25) is 9.59 Å². The van der Waals surface area contributed by atoms with Crippen molar-refractivity contribution in [3.8, 4) is 0 Å². The van der Waals surface area contributed by atoms with E-state index in [9.17, 15) is 9.59 Å². The zero-order valence-electron chi connectivity index (χ0n) is 32.5. The van der Waals surface area contributed by atoms with Crippen molar-refractivity contribution in [2.75, 3.05) is 13.7 Å². The number of ether oxygens (including phenoxy) is 2. The van der Waals surface area contributed by atoms with E-state index in [1.165, 1.54) is 95.3 Å². The fraction of sp³-hybridized carbons (Fsp3) is 0.860. The molecule has 0 aliphatic heterocycles. The van der Waals surface area contributed by atoms with Crippen LogP contribution in [-0.2, 0) is 19.1 Å². The van der Waals surface area contributed by atoms with Crippen LogP contribution in [0.5, 0.6) is 0 Å². The highest BCUT2D eigenvalue weighted by Gasteiger charge is 2.53. The Morgan fingerprint density at radius 1 is 0.723 bits per heavy atom. The minimum absolute atomic E-state index is 0.0460. The number of fused-ring (bicyclic) bond motifs is 2. The maximum absolute atomic E-state index is 11.7. The minimum atomic E-state index is -0.0807. The van der Waals surface area contributed by atoms with E-state index in [0.717, 1.165) is 24.7 Å². The van der Waals surface area contributed by atoms with E-state index in [2.05, 4.69) is 68.5 Å². The van der Waals surface area contributed by atoms with E-state index < -0.39 is 0 Å². The molecule has 270 valence electrons. The third-order valence-electron chi connectivity index (χ3n) is 14.1. The molecule has 0 radical (unpaired) electrons. The monoisotopic (exact) mass is 655 g/mol. The number of carbonyl (C=O) groups excluding carboxylic acids is 2. The second-order valence-corrected chi connectivity index (χ2v) is 18.5. The third kappa shape index (κ3) is 9.56. The van der Waals surface area contributed by atoms with Crippen molar-refractivity contribution in [2.45, 2.75) is 165 Å². The second kappa shape index (κ2) is 16.4. The van der Waals surface area contributed by atoms with E-state index in [-0.39, 0.29) is 11.9 Å². The van der Waals surface area contributed by atoms with Crippen LogP contribution < -0.4 is 0 Å².